The fraction of sp³-hybridized carbons (Fsp3) is 0.474. The van der Waals surface area contributed by atoms with Crippen LogP contribution >= 0.6 is 0 Å². The summed E-state index contributed by atoms with van der Waals surface area (Å²) in [5, 5.41) is 9.09. The van der Waals surface area contributed by atoms with Gasteiger partial charge in [-0.25, -0.2) is 0 Å². The van der Waals surface area contributed by atoms with Crippen molar-refractivity contribution in [3.8, 4) is 6.07 Å². The molecule has 3 nitrogen and oxygen atoms in total. The van der Waals surface area contributed by atoms with Crippen LogP contribution in [0.3, 0.4) is 0 Å². The van der Waals surface area contributed by atoms with E-state index in [1.807, 2.05) is 17.0 Å². The van der Waals surface area contributed by atoms with Crippen molar-refractivity contribution < 1.29 is 4.79 Å². The number of hydrogen-bond acceptors (Lipinski definition) is 2. The SMILES string of the molecule is C.C=C/C=C\C1=C(C)C(C(C)C)N(C(=O)/C(C#N)=C/C)CC1. The molecule has 0 aromatic heterocycles. The van der Waals surface area contributed by atoms with Crippen molar-refractivity contribution in [1.82, 2.24) is 4.90 Å². The summed E-state index contributed by atoms with van der Waals surface area (Å²) in [7, 11) is 0. The van der Waals surface area contributed by atoms with Gasteiger partial charge in [0.05, 0.1) is 6.04 Å². The Morgan fingerprint density at radius 2 is 2.14 bits per heavy atom. The maximum Gasteiger partial charge on any atom is 0.264 e. The van der Waals surface area contributed by atoms with Gasteiger partial charge in [-0.1, -0.05) is 52.2 Å². The molecule has 0 saturated carbocycles. The lowest BCUT2D eigenvalue weighted by Gasteiger charge is -2.40. The van der Waals surface area contributed by atoms with Crippen molar-refractivity contribution >= 4 is 5.91 Å². The second-order valence-corrected chi connectivity index (χ2v) is 5.55. The zero-order valence-electron chi connectivity index (χ0n) is 13.4. The number of amides is 1. The highest BCUT2D eigenvalue weighted by Gasteiger charge is 2.33. The number of rotatable bonds is 4. The van der Waals surface area contributed by atoms with E-state index in [-0.39, 0.29) is 24.9 Å². The normalized spacial score (nSPS) is 19.2. The van der Waals surface area contributed by atoms with E-state index in [0.29, 0.717) is 12.5 Å². The van der Waals surface area contributed by atoms with Gasteiger partial charge < -0.3 is 4.90 Å². The molecule has 120 valence electrons. The Bertz CT molecular complexity index is 544. The van der Waals surface area contributed by atoms with Crippen LogP contribution in [-0.4, -0.2) is 23.4 Å². The average Bonchev–Trinajstić information content (AvgIpc) is 2.46. The molecule has 1 amide bonds. The lowest BCUT2D eigenvalue weighted by Crippen LogP contribution is -2.47. The number of nitriles is 1. The van der Waals surface area contributed by atoms with Gasteiger partial charge in [0.25, 0.3) is 5.91 Å². The Balaban J connectivity index is 0.00000441. The largest absolute Gasteiger partial charge is 0.331 e. The molecule has 0 radical (unpaired) electrons. The summed E-state index contributed by atoms with van der Waals surface area (Å²) in [5.41, 5.74) is 2.69. The molecule has 1 rings (SSSR count). The fourth-order valence-corrected chi connectivity index (χ4v) is 2.88. The van der Waals surface area contributed by atoms with Crippen LogP contribution in [0.2, 0.25) is 0 Å². The lowest BCUT2D eigenvalue weighted by molar-refractivity contribution is -0.129. The zero-order valence-corrected chi connectivity index (χ0v) is 13.4. The highest BCUT2D eigenvalue weighted by atomic mass is 16.2. The van der Waals surface area contributed by atoms with Crippen LogP contribution in [0.1, 0.15) is 41.5 Å². The van der Waals surface area contributed by atoms with E-state index in [1.165, 1.54) is 11.1 Å². The predicted octanol–water partition coefficient (Wildman–Crippen LogP) is 4.41. The third-order valence-electron chi connectivity index (χ3n) is 3.87. The second kappa shape index (κ2) is 9.04. The lowest BCUT2D eigenvalue weighted by atomic mass is 9.86. The van der Waals surface area contributed by atoms with Gasteiger partial charge in [0.2, 0.25) is 0 Å². The standard InChI is InChI=1S/C18H24N2O.CH4/c1-6-8-9-16-10-11-20(17(13(3)4)14(16)5)18(21)15(7-2)12-19;/h6-9,13,17H,1,10-11H2,2-5H3;1H4/b9-8-,15-7+;. The topological polar surface area (TPSA) is 44.1 Å². The van der Waals surface area contributed by atoms with E-state index < -0.39 is 0 Å². The number of hydrogen-bond donors (Lipinski definition) is 0. The number of allylic oxidation sites excluding steroid dienone is 4. The number of carbonyl (C=O) groups is 1. The van der Waals surface area contributed by atoms with E-state index in [1.54, 1.807) is 19.1 Å². The summed E-state index contributed by atoms with van der Waals surface area (Å²) in [6, 6.07) is 2.04. The molecule has 0 aromatic rings. The summed E-state index contributed by atoms with van der Waals surface area (Å²) < 4.78 is 0. The molecule has 1 aliphatic rings. The maximum absolute atomic E-state index is 12.5. The highest BCUT2D eigenvalue weighted by Crippen LogP contribution is 2.30. The molecule has 0 fully saturated rings. The Kier molecular flexibility index (Phi) is 8.19. The molecule has 0 N–H and O–H groups in total. The first-order chi connectivity index (χ1) is 9.97. The molecular weight excluding hydrogens is 272 g/mol. The number of carbonyl (C=O) groups excluding carboxylic acids is 1. The molecule has 1 unspecified atom stereocenters. The Morgan fingerprint density at radius 3 is 2.59 bits per heavy atom. The Hall–Kier alpha value is -2.08. The minimum atomic E-state index is -0.162. The van der Waals surface area contributed by atoms with Crippen molar-refractivity contribution in [1.29, 1.82) is 5.26 Å². The summed E-state index contributed by atoms with van der Waals surface area (Å²) in [6.45, 7) is 12.4. The molecule has 1 heterocycles. The van der Waals surface area contributed by atoms with Gasteiger partial charge in [-0.2, -0.15) is 5.26 Å². The van der Waals surface area contributed by atoms with Crippen LogP contribution < -0.4 is 0 Å². The third kappa shape index (κ3) is 4.21. The minimum absolute atomic E-state index is 0. The van der Waals surface area contributed by atoms with Gasteiger partial charge in [0.15, 0.2) is 0 Å². The van der Waals surface area contributed by atoms with Crippen LogP contribution in [0.4, 0.5) is 0 Å². The number of nitrogens with zero attached hydrogens (tertiary/aromatic N) is 2. The first kappa shape index (κ1) is 19.9. The fourth-order valence-electron chi connectivity index (χ4n) is 2.88. The van der Waals surface area contributed by atoms with Gasteiger partial charge in [-0.3, -0.25) is 4.79 Å². The quantitative estimate of drug-likeness (QED) is 0.438. The molecular formula is C19H28N2O. The summed E-state index contributed by atoms with van der Waals surface area (Å²) >= 11 is 0. The van der Waals surface area contributed by atoms with E-state index in [2.05, 4.69) is 33.4 Å². The molecule has 0 aliphatic carbocycles. The smallest absolute Gasteiger partial charge is 0.264 e. The molecule has 3 heteroatoms. The molecule has 0 aromatic carbocycles. The Morgan fingerprint density at radius 1 is 1.50 bits per heavy atom. The van der Waals surface area contributed by atoms with Gasteiger partial charge in [0.1, 0.15) is 11.6 Å². The van der Waals surface area contributed by atoms with Crippen molar-refractivity contribution in [3.05, 3.63) is 47.6 Å². The van der Waals surface area contributed by atoms with Crippen LogP contribution in [-0.2, 0) is 4.79 Å². The second-order valence-electron chi connectivity index (χ2n) is 5.55. The monoisotopic (exact) mass is 300 g/mol. The van der Waals surface area contributed by atoms with Gasteiger partial charge in [-0.15, -0.1) is 0 Å². The molecule has 22 heavy (non-hydrogen) atoms. The molecule has 0 saturated heterocycles. The van der Waals surface area contributed by atoms with Crippen LogP contribution in [0.15, 0.2) is 47.6 Å². The van der Waals surface area contributed by atoms with Gasteiger partial charge in [0, 0.05) is 6.54 Å². The predicted molar refractivity (Wildman–Crippen MR) is 93.1 cm³/mol. The summed E-state index contributed by atoms with van der Waals surface area (Å²) in [5.74, 6) is 0.142. The maximum atomic E-state index is 12.5. The van der Waals surface area contributed by atoms with E-state index in [4.69, 9.17) is 5.26 Å². The highest BCUT2D eigenvalue weighted by molar-refractivity contribution is 5.97. The van der Waals surface area contributed by atoms with Crippen molar-refractivity contribution in [2.45, 2.75) is 47.6 Å². The third-order valence-corrected chi connectivity index (χ3v) is 3.87. The minimum Gasteiger partial charge on any atom is -0.331 e. The molecule has 0 bridgehead atoms. The van der Waals surface area contributed by atoms with Gasteiger partial charge in [-0.05, 0) is 37.3 Å². The van der Waals surface area contributed by atoms with Gasteiger partial charge >= 0.3 is 0 Å². The van der Waals surface area contributed by atoms with Crippen LogP contribution in [0.5, 0.6) is 0 Å². The van der Waals surface area contributed by atoms with Crippen molar-refractivity contribution in [2.75, 3.05) is 6.54 Å². The first-order valence-corrected chi connectivity index (χ1v) is 7.34. The zero-order chi connectivity index (χ0) is 16.0. The van der Waals surface area contributed by atoms with Crippen LogP contribution in [0.25, 0.3) is 0 Å². The summed E-state index contributed by atoms with van der Waals surface area (Å²) in [6.07, 6.45) is 8.16. The first-order valence-electron chi connectivity index (χ1n) is 7.34. The average molecular weight is 300 g/mol. The van der Waals surface area contributed by atoms with E-state index in [9.17, 15) is 4.79 Å². The molecule has 1 aliphatic heterocycles. The van der Waals surface area contributed by atoms with Crippen molar-refractivity contribution in [2.24, 2.45) is 5.92 Å². The van der Waals surface area contributed by atoms with Crippen LogP contribution in [0, 0.1) is 17.2 Å². The molecule has 1 atom stereocenters. The van der Waals surface area contributed by atoms with E-state index >= 15 is 0 Å². The Labute approximate surface area is 135 Å². The van der Waals surface area contributed by atoms with Crippen molar-refractivity contribution in [3.63, 3.8) is 0 Å². The van der Waals surface area contributed by atoms with E-state index in [0.717, 1.165) is 6.42 Å². The summed E-state index contributed by atoms with van der Waals surface area (Å²) in [4.78, 5) is 14.4. The molecule has 0 spiro atoms.